The molecule has 0 spiro atoms. The van der Waals surface area contributed by atoms with Gasteiger partial charge in [0.05, 0.1) is 16.7 Å². The van der Waals surface area contributed by atoms with Gasteiger partial charge in [0, 0.05) is 44.2 Å². The van der Waals surface area contributed by atoms with Gasteiger partial charge in [-0.25, -0.2) is 0 Å². The van der Waals surface area contributed by atoms with Crippen molar-refractivity contribution < 1.29 is 4.42 Å². The largest absolute Gasteiger partial charge is 0.456 e. The summed E-state index contributed by atoms with van der Waals surface area (Å²) in [5.74, 6) is 0. The number of furan rings is 1. The smallest absolute Gasteiger partial charge is 0.135 e. The van der Waals surface area contributed by atoms with Gasteiger partial charge in [-0.3, -0.25) is 0 Å². The molecule has 0 fully saturated rings. The molecule has 0 aliphatic rings. The third kappa shape index (κ3) is 5.82. The lowest BCUT2D eigenvalue weighted by molar-refractivity contribution is 0.669. The molecule has 0 atom stereocenters. The first-order valence-electron chi connectivity index (χ1n) is 20.8. The number of hydrogen-bond donors (Lipinski definition) is 0. The maximum Gasteiger partial charge on any atom is 0.135 e. The normalized spacial score (nSPS) is 11.6. The van der Waals surface area contributed by atoms with Gasteiger partial charge in [-0.15, -0.1) is 0 Å². The minimum absolute atomic E-state index is 0.872. The molecule has 0 unspecified atom stereocenters. The van der Waals surface area contributed by atoms with Crippen molar-refractivity contribution in [2.24, 2.45) is 0 Å². The minimum Gasteiger partial charge on any atom is -0.456 e. The number of nitrogens with zero attached hydrogens (tertiary/aromatic N) is 2. The predicted molar refractivity (Wildman–Crippen MR) is 257 cm³/mol. The van der Waals surface area contributed by atoms with Gasteiger partial charge in [-0.1, -0.05) is 158 Å². The van der Waals surface area contributed by atoms with Crippen molar-refractivity contribution in [3.05, 3.63) is 231 Å². The lowest BCUT2D eigenvalue weighted by atomic mass is 9.90. The molecule has 0 radical (unpaired) electrons. The Kier molecular flexibility index (Phi) is 8.17. The molecule has 2 heterocycles. The van der Waals surface area contributed by atoms with E-state index in [1.165, 1.54) is 49.3 Å². The Morgan fingerprint density at radius 2 is 0.967 bits per heavy atom. The highest BCUT2D eigenvalue weighted by Gasteiger charge is 2.22. The molecule has 3 heteroatoms. The van der Waals surface area contributed by atoms with Crippen LogP contribution in [0.15, 0.2) is 235 Å². The van der Waals surface area contributed by atoms with Crippen LogP contribution < -0.4 is 4.90 Å². The molecule has 286 valence electrons. The average molecular weight is 779 g/mol. The van der Waals surface area contributed by atoms with Crippen molar-refractivity contribution in [1.29, 1.82) is 0 Å². The molecule has 0 aliphatic carbocycles. The van der Waals surface area contributed by atoms with Crippen molar-refractivity contribution in [3.63, 3.8) is 0 Å². The number of fused-ring (bicyclic) bond motifs is 7. The zero-order valence-corrected chi connectivity index (χ0v) is 33.2. The summed E-state index contributed by atoms with van der Waals surface area (Å²) in [7, 11) is 0. The molecule has 0 saturated carbocycles. The van der Waals surface area contributed by atoms with Crippen LogP contribution in [0.5, 0.6) is 0 Å². The first kappa shape index (κ1) is 34.9. The van der Waals surface area contributed by atoms with Crippen molar-refractivity contribution in [2.45, 2.75) is 0 Å². The molecule has 0 bridgehead atoms. The zero-order valence-electron chi connectivity index (χ0n) is 33.2. The van der Waals surface area contributed by atoms with Gasteiger partial charge in [-0.2, -0.15) is 0 Å². The third-order valence-electron chi connectivity index (χ3n) is 12.2. The summed E-state index contributed by atoms with van der Waals surface area (Å²) in [6.07, 6.45) is 0. The second-order valence-corrected chi connectivity index (χ2v) is 15.7. The second-order valence-electron chi connectivity index (χ2n) is 15.7. The Labute approximate surface area is 353 Å². The first-order valence-corrected chi connectivity index (χ1v) is 20.8. The van der Waals surface area contributed by atoms with E-state index in [-0.39, 0.29) is 0 Å². The third-order valence-corrected chi connectivity index (χ3v) is 12.2. The van der Waals surface area contributed by atoms with E-state index in [1.54, 1.807) is 0 Å². The van der Waals surface area contributed by atoms with Gasteiger partial charge in [0.25, 0.3) is 0 Å². The van der Waals surface area contributed by atoms with Gasteiger partial charge in [0.2, 0.25) is 0 Å². The molecule has 2 aromatic heterocycles. The Balaban J connectivity index is 1.07. The lowest BCUT2D eigenvalue weighted by Crippen LogP contribution is -2.11. The number of rotatable bonds is 7. The van der Waals surface area contributed by atoms with Crippen molar-refractivity contribution in [2.75, 3.05) is 4.90 Å². The van der Waals surface area contributed by atoms with Gasteiger partial charge >= 0.3 is 0 Å². The van der Waals surface area contributed by atoms with Crippen LogP contribution >= 0.6 is 0 Å². The molecule has 61 heavy (non-hydrogen) atoms. The lowest BCUT2D eigenvalue weighted by Gasteiger charge is -2.29. The summed E-state index contributed by atoms with van der Waals surface area (Å²) in [4.78, 5) is 2.42. The SMILES string of the molecule is c1ccc(-c2cccc3cccc(-c4ccccc4N(c4cccc(-c5ccc6c(c5)c5ccccc5n6-c5ccccc5)c4)c4ccc5oc6ccccc6c5c4)c23)cc1. The van der Waals surface area contributed by atoms with E-state index in [1.807, 2.05) is 12.1 Å². The molecule has 0 N–H and O–H groups in total. The molecule has 0 aliphatic heterocycles. The number of para-hydroxylation sites is 4. The second kappa shape index (κ2) is 14.3. The van der Waals surface area contributed by atoms with Crippen LogP contribution in [-0.2, 0) is 0 Å². The molecule has 12 aromatic rings. The van der Waals surface area contributed by atoms with Gasteiger partial charge in [0.15, 0.2) is 0 Å². The highest BCUT2D eigenvalue weighted by molar-refractivity contribution is 6.12. The Morgan fingerprint density at radius 1 is 0.344 bits per heavy atom. The summed E-state index contributed by atoms with van der Waals surface area (Å²) >= 11 is 0. The van der Waals surface area contributed by atoms with E-state index in [0.717, 1.165) is 61.4 Å². The number of anilines is 3. The summed E-state index contributed by atoms with van der Waals surface area (Å²) in [6.45, 7) is 0. The maximum atomic E-state index is 6.35. The summed E-state index contributed by atoms with van der Waals surface area (Å²) in [5, 5.41) is 7.09. The summed E-state index contributed by atoms with van der Waals surface area (Å²) < 4.78 is 8.72. The van der Waals surface area contributed by atoms with Crippen LogP contribution in [0.1, 0.15) is 0 Å². The van der Waals surface area contributed by atoms with Crippen molar-refractivity contribution >= 4 is 71.6 Å². The molecule has 3 nitrogen and oxygen atoms in total. The summed E-state index contributed by atoms with van der Waals surface area (Å²) in [6, 6.07) is 83.1. The molecule has 0 saturated heterocycles. The number of benzene rings is 10. The van der Waals surface area contributed by atoms with E-state index in [9.17, 15) is 0 Å². The quantitative estimate of drug-likeness (QED) is 0.161. The monoisotopic (exact) mass is 778 g/mol. The van der Waals surface area contributed by atoms with Gasteiger partial charge < -0.3 is 13.9 Å². The van der Waals surface area contributed by atoms with E-state index >= 15 is 0 Å². The molecule has 10 aromatic carbocycles. The van der Waals surface area contributed by atoms with Crippen molar-refractivity contribution in [3.8, 4) is 39.1 Å². The molecule has 0 amide bonds. The predicted octanol–water partition coefficient (Wildman–Crippen LogP) is 16.3. The van der Waals surface area contributed by atoms with Gasteiger partial charge in [0.1, 0.15) is 11.2 Å². The Bertz CT molecular complexity index is 3590. The Hall–Kier alpha value is -8.14. The van der Waals surface area contributed by atoms with Crippen LogP contribution in [0.3, 0.4) is 0 Å². The maximum absolute atomic E-state index is 6.35. The average Bonchev–Trinajstić information content (AvgIpc) is 3.87. The number of aromatic nitrogens is 1. The van der Waals surface area contributed by atoms with E-state index in [0.29, 0.717) is 0 Å². The fourth-order valence-corrected chi connectivity index (χ4v) is 9.43. The van der Waals surface area contributed by atoms with Gasteiger partial charge in [-0.05, 0) is 111 Å². The highest BCUT2D eigenvalue weighted by atomic mass is 16.3. The van der Waals surface area contributed by atoms with Crippen LogP contribution in [0.4, 0.5) is 17.1 Å². The van der Waals surface area contributed by atoms with Crippen molar-refractivity contribution in [1.82, 2.24) is 4.57 Å². The Morgan fingerprint density at radius 3 is 1.84 bits per heavy atom. The topological polar surface area (TPSA) is 21.3 Å². The van der Waals surface area contributed by atoms with Crippen LogP contribution in [0.25, 0.3) is 93.6 Å². The number of hydrogen-bond acceptors (Lipinski definition) is 2. The molecule has 12 rings (SSSR count). The molecular formula is C58H38N2O. The zero-order chi connectivity index (χ0) is 40.3. The van der Waals surface area contributed by atoms with Crippen LogP contribution in [0.2, 0.25) is 0 Å². The standard InChI is InChI=1S/C58H38N2O/c1-3-16-39(17-4-1)46-27-14-18-40-19-15-28-50(58(40)46)47-24-7-10-29-53(47)59(45-33-35-57-52(38-45)49-26-9-12-31-56(49)61-57)44-23-13-20-41(36-44)42-32-34-55-51(37-42)48-25-8-11-30-54(48)60(55)43-21-5-2-6-22-43/h1-38H. The fraction of sp³-hybridized carbons (Fsp3) is 0. The van der Waals surface area contributed by atoms with E-state index in [2.05, 4.69) is 228 Å². The summed E-state index contributed by atoms with van der Waals surface area (Å²) in [5.41, 5.74) is 15.5. The first-order chi connectivity index (χ1) is 30.3. The van der Waals surface area contributed by atoms with Crippen LogP contribution in [-0.4, -0.2) is 4.57 Å². The van der Waals surface area contributed by atoms with E-state index < -0.39 is 0 Å². The van der Waals surface area contributed by atoms with E-state index in [4.69, 9.17) is 4.42 Å². The van der Waals surface area contributed by atoms with Crippen LogP contribution in [0, 0.1) is 0 Å². The minimum atomic E-state index is 0.872. The highest BCUT2D eigenvalue weighted by Crippen LogP contribution is 2.46. The fourth-order valence-electron chi connectivity index (χ4n) is 9.43. The molecular weight excluding hydrogens is 741 g/mol.